The second kappa shape index (κ2) is 3.90. The number of carbonyl (C=O) groups excluding carboxylic acids is 1. The van der Waals surface area contributed by atoms with Crippen molar-refractivity contribution in [3.8, 4) is 0 Å². The highest BCUT2D eigenvalue weighted by Gasteiger charge is 2.13. The molecule has 1 aromatic heterocycles. The highest BCUT2D eigenvalue weighted by atomic mass is 16.5. The van der Waals surface area contributed by atoms with Crippen LogP contribution in [0.1, 0.15) is 6.92 Å². The number of rotatable bonds is 3. The van der Waals surface area contributed by atoms with Gasteiger partial charge < -0.3 is 4.74 Å². The lowest BCUT2D eigenvalue weighted by Crippen LogP contribution is -2.18. The standard InChI is InChI=1S/C8H12N2O2/c1-7(8(11)12-2)6-10-5-3-4-9-10/h3-5,7H,6H2,1-2H3/t7-/m1/s1. The summed E-state index contributed by atoms with van der Waals surface area (Å²) in [5.41, 5.74) is 0. The van der Waals surface area contributed by atoms with Gasteiger partial charge in [0.05, 0.1) is 19.6 Å². The molecule has 0 unspecified atom stereocenters. The Hall–Kier alpha value is -1.32. The maximum atomic E-state index is 11.0. The van der Waals surface area contributed by atoms with Crippen LogP contribution in [-0.2, 0) is 16.1 Å². The van der Waals surface area contributed by atoms with Crippen molar-refractivity contribution in [3.63, 3.8) is 0 Å². The first-order valence-electron chi connectivity index (χ1n) is 3.79. The van der Waals surface area contributed by atoms with Crippen molar-refractivity contribution >= 4 is 5.97 Å². The quantitative estimate of drug-likeness (QED) is 0.624. The van der Waals surface area contributed by atoms with Crippen LogP contribution in [0.3, 0.4) is 0 Å². The van der Waals surface area contributed by atoms with Crippen molar-refractivity contribution in [1.29, 1.82) is 0 Å². The van der Waals surface area contributed by atoms with Crippen LogP contribution >= 0.6 is 0 Å². The Morgan fingerprint density at radius 1 is 1.75 bits per heavy atom. The number of nitrogens with zero attached hydrogens (tertiary/aromatic N) is 2. The van der Waals surface area contributed by atoms with Gasteiger partial charge in [0.25, 0.3) is 0 Å². The number of carbonyl (C=O) groups is 1. The molecule has 0 radical (unpaired) electrons. The summed E-state index contributed by atoms with van der Waals surface area (Å²) in [4.78, 5) is 11.0. The Morgan fingerprint density at radius 2 is 2.50 bits per heavy atom. The molecule has 4 nitrogen and oxygen atoms in total. The van der Waals surface area contributed by atoms with Crippen molar-refractivity contribution in [1.82, 2.24) is 9.78 Å². The van der Waals surface area contributed by atoms with E-state index in [-0.39, 0.29) is 11.9 Å². The summed E-state index contributed by atoms with van der Waals surface area (Å²) < 4.78 is 6.29. The average Bonchev–Trinajstić information content (AvgIpc) is 2.55. The number of methoxy groups -OCH3 is 1. The monoisotopic (exact) mass is 168 g/mol. The molecule has 0 amide bonds. The summed E-state index contributed by atoms with van der Waals surface area (Å²) in [6.07, 6.45) is 3.50. The smallest absolute Gasteiger partial charge is 0.310 e. The second-order valence-electron chi connectivity index (χ2n) is 2.65. The van der Waals surface area contributed by atoms with Gasteiger partial charge in [-0.25, -0.2) is 0 Å². The van der Waals surface area contributed by atoms with E-state index in [1.807, 2.05) is 19.2 Å². The molecule has 0 aliphatic rings. The van der Waals surface area contributed by atoms with Crippen LogP contribution in [0.5, 0.6) is 0 Å². The Balaban J connectivity index is 2.47. The number of esters is 1. The van der Waals surface area contributed by atoms with Crippen molar-refractivity contribution in [2.75, 3.05) is 7.11 Å². The zero-order chi connectivity index (χ0) is 8.97. The van der Waals surface area contributed by atoms with Gasteiger partial charge in [0.2, 0.25) is 0 Å². The number of hydrogen-bond donors (Lipinski definition) is 0. The van der Waals surface area contributed by atoms with Crippen LogP contribution in [0.4, 0.5) is 0 Å². The molecule has 4 heteroatoms. The summed E-state index contributed by atoms with van der Waals surface area (Å²) in [6.45, 7) is 2.38. The van der Waals surface area contributed by atoms with Crippen molar-refractivity contribution in [2.45, 2.75) is 13.5 Å². The van der Waals surface area contributed by atoms with Crippen LogP contribution in [0.25, 0.3) is 0 Å². The lowest BCUT2D eigenvalue weighted by molar-refractivity contribution is -0.145. The third-order valence-electron chi connectivity index (χ3n) is 1.62. The van der Waals surface area contributed by atoms with E-state index in [1.54, 1.807) is 10.9 Å². The van der Waals surface area contributed by atoms with Crippen molar-refractivity contribution < 1.29 is 9.53 Å². The third-order valence-corrected chi connectivity index (χ3v) is 1.62. The van der Waals surface area contributed by atoms with Gasteiger partial charge >= 0.3 is 5.97 Å². The summed E-state index contributed by atoms with van der Waals surface area (Å²) in [5.74, 6) is -0.347. The summed E-state index contributed by atoms with van der Waals surface area (Å²) in [7, 11) is 1.39. The molecule has 66 valence electrons. The molecule has 0 bridgehead atoms. The zero-order valence-electron chi connectivity index (χ0n) is 7.23. The van der Waals surface area contributed by atoms with E-state index in [2.05, 4.69) is 9.84 Å². The Bertz CT molecular complexity index is 244. The highest BCUT2D eigenvalue weighted by Crippen LogP contribution is 2.01. The van der Waals surface area contributed by atoms with E-state index in [4.69, 9.17) is 0 Å². The van der Waals surface area contributed by atoms with E-state index in [0.29, 0.717) is 6.54 Å². The minimum atomic E-state index is -0.203. The molecule has 0 spiro atoms. The molecule has 0 aliphatic heterocycles. The maximum absolute atomic E-state index is 11.0. The fourth-order valence-electron chi connectivity index (χ4n) is 0.965. The van der Waals surface area contributed by atoms with Crippen LogP contribution in [0.2, 0.25) is 0 Å². The van der Waals surface area contributed by atoms with Crippen LogP contribution in [0, 0.1) is 5.92 Å². The first-order valence-corrected chi connectivity index (χ1v) is 3.79. The van der Waals surface area contributed by atoms with Gasteiger partial charge in [-0.15, -0.1) is 0 Å². The van der Waals surface area contributed by atoms with E-state index in [0.717, 1.165) is 0 Å². The Kier molecular flexibility index (Phi) is 2.85. The fraction of sp³-hybridized carbons (Fsp3) is 0.500. The number of aromatic nitrogens is 2. The lowest BCUT2D eigenvalue weighted by atomic mass is 10.2. The van der Waals surface area contributed by atoms with Gasteiger partial charge in [-0.05, 0) is 6.07 Å². The van der Waals surface area contributed by atoms with E-state index in [1.165, 1.54) is 7.11 Å². The molecule has 0 saturated carbocycles. The summed E-state index contributed by atoms with van der Waals surface area (Å²) in [6, 6.07) is 1.82. The van der Waals surface area contributed by atoms with Gasteiger partial charge in [0, 0.05) is 12.4 Å². The zero-order valence-corrected chi connectivity index (χ0v) is 7.23. The average molecular weight is 168 g/mol. The van der Waals surface area contributed by atoms with Gasteiger partial charge in [-0.1, -0.05) is 6.92 Å². The molecular formula is C8H12N2O2. The normalized spacial score (nSPS) is 12.5. The predicted octanol–water partition coefficient (Wildman–Crippen LogP) is 0.692. The third kappa shape index (κ3) is 2.08. The molecule has 0 N–H and O–H groups in total. The van der Waals surface area contributed by atoms with Crippen LogP contribution < -0.4 is 0 Å². The molecule has 0 saturated heterocycles. The predicted molar refractivity (Wildman–Crippen MR) is 43.4 cm³/mol. The Morgan fingerprint density at radius 3 is 3.00 bits per heavy atom. The SMILES string of the molecule is COC(=O)[C@H](C)Cn1cccn1. The lowest BCUT2D eigenvalue weighted by Gasteiger charge is -2.08. The molecule has 1 rings (SSSR count). The van der Waals surface area contributed by atoms with E-state index < -0.39 is 0 Å². The summed E-state index contributed by atoms with van der Waals surface area (Å²) >= 11 is 0. The van der Waals surface area contributed by atoms with E-state index >= 15 is 0 Å². The van der Waals surface area contributed by atoms with Gasteiger partial charge in [0.1, 0.15) is 0 Å². The molecule has 1 heterocycles. The minimum Gasteiger partial charge on any atom is -0.469 e. The molecule has 0 fully saturated rings. The molecule has 1 aromatic rings. The molecule has 0 aliphatic carbocycles. The highest BCUT2D eigenvalue weighted by molar-refractivity contribution is 5.71. The summed E-state index contributed by atoms with van der Waals surface area (Å²) in [5, 5.41) is 3.98. The maximum Gasteiger partial charge on any atom is 0.310 e. The van der Waals surface area contributed by atoms with E-state index in [9.17, 15) is 4.79 Å². The molecular weight excluding hydrogens is 156 g/mol. The van der Waals surface area contributed by atoms with Gasteiger partial charge in [-0.2, -0.15) is 5.10 Å². The topological polar surface area (TPSA) is 44.1 Å². The molecule has 0 aromatic carbocycles. The number of hydrogen-bond acceptors (Lipinski definition) is 3. The van der Waals surface area contributed by atoms with Crippen LogP contribution in [0.15, 0.2) is 18.5 Å². The fourth-order valence-corrected chi connectivity index (χ4v) is 0.965. The second-order valence-corrected chi connectivity index (χ2v) is 2.65. The van der Waals surface area contributed by atoms with Gasteiger partial charge in [-0.3, -0.25) is 9.48 Å². The molecule has 1 atom stereocenters. The number of ether oxygens (including phenoxy) is 1. The van der Waals surface area contributed by atoms with Gasteiger partial charge in [0.15, 0.2) is 0 Å². The van der Waals surface area contributed by atoms with Crippen molar-refractivity contribution in [3.05, 3.63) is 18.5 Å². The van der Waals surface area contributed by atoms with Crippen molar-refractivity contribution in [2.24, 2.45) is 5.92 Å². The first kappa shape index (κ1) is 8.77. The van der Waals surface area contributed by atoms with Crippen LogP contribution in [-0.4, -0.2) is 22.9 Å². The largest absolute Gasteiger partial charge is 0.469 e. The molecule has 12 heavy (non-hydrogen) atoms. The minimum absolute atomic E-state index is 0.144. The first-order chi connectivity index (χ1) is 5.74. The Labute approximate surface area is 71.1 Å².